The predicted molar refractivity (Wildman–Crippen MR) is 127 cm³/mol. The number of esters is 1. The molecule has 0 saturated carbocycles. The van der Waals surface area contributed by atoms with Gasteiger partial charge < -0.3 is 25.2 Å². The molecule has 186 valence electrons. The summed E-state index contributed by atoms with van der Waals surface area (Å²) in [5.74, 6) is -3.36. The fourth-order valence-corrected chi connectivity index (χ4v) is 3.90. The first-order valence-electron chi connectivity index (χ1n) is 11.2. The number of nitrogens with one attached hydrogen (secondary N) is 2. The summed E-state index contributed by atoms with van der Waals surface area (Å²) in [5.41, 5.74) is 0.171. The van der Waals surface area contributed by atoms with Crippen LogP contribution in [-0.4, -0.2) is 60.1 Å². The Bertz CT molecular complexity index is 1270. The van der Waals surface area contributed by atoms with Gasteiger partial charge in [0.05, 0.1) is 18.7 Å². The number of ether oxygens (including phenoxy) is 2. The number of rotatable bonds is 7. The highest BCUT2D eigenvalue weighted by molar-refractivity contribution is 6.11. The van der Waals surface area contributed by atoms with Gasteiger partial charge in [0.2, 0.25) is 0 Å². The van der Waals surface area contributed by atoms with Gasteiger partial charge in [0, 0.05) is 30.1 Å². The first kappa shape index (κ1) is 24.8. The maximum Gasteiger partial charge on any atom is 0.338 e. The van der Waals surface area contributed by atoms with E-state index in [1.54, 1.807) is 12.1 Å². The highest BCUT2D eigenvalue weighted by Gasteiger charge is 2.30. The standard InChI is InChI=1S/C26H24FN3O6/c1-35-21-7-6-19(31)22(23(21)27)24(32)15-2-4-17(5-3-15)26(34)36-20-10-13-29-14-18(20)30-25(33)16-8-11-28-12-9-16/h2-9,11-12,18,20,29,31H,10,13-14H2,1H3,(H,30,33)/t18-,20-/m1/s1. The third kappa shape index (κ3) is 5.33. The Balaban J connectivity index is 1.45. The van der Waals surface area contributed by atoms with Crippen molar-refractivity contribution in [3.8, 4) is 11.5 Å². The summed E-state index contributed by atoms with van der Waals surface area (Å²) in [6, 6.07) is 10.6. The summed E-state index contributed by atoms with van der Waals surface area (Å²) in [5, 5.41) is 16.1. The number of carbonyl (C=O) groups excluding carboxylic acids is 3. The smallest absolute Gasteiger partial charge is 0.338 e. The van der Waals surface area contributed by atoms with Crippen molar-refractivity contribution in [3.05, 3.63) is 89.0 Å². The number of hydrogen-bond donors (Lipinski definition) is 3. The quantitative estimate of drug-likeness (QED) is 0.339. The molecule has 3 aromatic rings. The Morgan fingerprint density at radius 1 is 1.03 bits per heavy atom. The van der Waals surface area contributed by atoms with Gasteiger partial charge in [0.15, 0.2) is 17.3 Å². The average Bonchev–Trinajstić information content (AvgIpc) is 2.90. The van der Waals surface area contributed by atoms with Crippen molar-refractivity contribution < 1.29 is 33.4 Å². The number of halogens is 1. The van der Waals surface area contributed by atoms with E-state index in [0.29, 0.717) is 25.1 Å². The second kappa shape index (κ2) is 11.0. The predicted octanol–water partition coefficient (Wildman–Crippen LogP) is 2.48. The van der Waals surface area contributed by atoms with Crippen LogP contribution in [0.5, 0.6) is 11.5 Å². The number of amides is 1. The number of ketones is 1. The van der Waals surface area contributed by atoms with Crippen molar-refractivity contribution in [3.63, 3.8) is 0 Å². The molecule has 1 amide bonds. The van der Waals surface area contributed by atoms with Crippen molar-refractivity contribution in [2.45, 2.75) is 18.6 Å². The molecule has 3 N–H and O–H groups in total. The molecule has 1 aromatic heterocycles. The molecule has 1 fully saturated rings. The molecular formula is C26H24FN3O6. The van der Waals surface area contributed by atoms with E-state index < -0.39 is 41.0 Å². The van der Waals surface area contributed by atoms with Crippen LogP contribution in [0.1, 0.15) is 43.1 Å². The number of nitrogens with zero attached hydrogens (tertiary/aromatic N) is 1. The lowest BCUT2D eigenvalue weighted by Crippen LogP contribution is -2.55. The van der Waals surface area contributed by atoms with Crippen LogP contribution in [-0.2, 0) is 4.74 Å². The van der Waals surface area contributed by atoms with Crippen LogP contribution >= 0.6 is 0 Å². The van der Waals surface area contributed by atoms with Crippen molar-refractivity contribution >= 4 is 17.7 Å². The summed E-state index contributed by atoms with van der Waals surface area (Å²) in [7, 11) is 1.25. The number of benzene rings is 2. The number of phenols is 1. The van der Waals surface area contributed by atoms with Gasteiger partial charge in [-0.05, 0) is 49.4 Å². The lowest BCUT2D eigenvalue weighted by atomic mass is 10.00. The molecule has 2 aromatic carbocycles. The summed E-state index contributed by atoms with van der Waals surface area (Å²) < 4.78 is 25.1. The van der Waals surface area contributed by atoms with E-state index in [1.165, 1.54) is 55.9 Å². The zero-order valence-electron chi connectivity index (χ0n) is 19.4. The molecule has 0 bridgehead atoms. The molecule has 0 spiro atoms. The van der Waals surface area contributed by atoms with Gasteiger partial charge in [-0.15, -0.1) is 0 Å². The molecule has 10 heteroatoms. The topological polar surface area (TPSA) is 127 Å². The minimum Gasteiger partial charge on any atom is -0.507 e. The number of carbonyl (C=O) groups is 3. The molecule has 0 radical (unpaired) electrons. The Hall–Kier alpha value is -4.31. The minimum absolute atomic E-state index is 0.0679. The number of piperidine rings is 1. The van der Waals surface area contributed by atoms with Crippen LogP contribution < -0.4 is 15.4 Å². The highest BCUT2D eigenvalue weighted by Crippen LogP contribution is 2.30. The molecule has 2 heterocycles. The van der Waals surface area contributed by atoms with E-state index in [4.69, 9.17) is 9.47 Å². The van der Waals surface area contributed by atoms with Crippen molar-refractivity contribution in [1.82, 2.24) is 15.6 Å². The minimum atomic E-state index is -0.975. The monoisotopic (exact) mass is 493 g/mol. The molecule has 36 heavy (non-hydrogen) atoms. The molecule has 9 nitrogen and oxygen atoms in total. The molecule has 1 saturated heterocycles. The number of methoxy groups -OCH3 is 1. The van der Waals surface area contributed by atoms with Crippen molar-refractivity contribution in [1.29, 1.82) is 0 Å². The normalized spacial score (nSPS) is 17.2. The van der Waals surface area contributed by atoms with E-state index in [0.717, 1.165) is 0 Å². The van der Waals surface area contributed by atoms with E-state index in [-0.39, 0.29) is 22.8 Å². The van der Waals surface area contributed by atoms with E-state index in [1.807, 2.05) is 0 Å². The van der Waals surface area contributed by atoms with Crippen molar-refractivity contribution in [2.24, 2.45) is 0 Å². The molecule has 0 unspecified atom stereocenters. The molecular weight excluding hydrogens is 469 g/mol. The fourth-order valence-electron chi connectivity index (χ4n) is 3.90. The third-order valence-electron chi connectivity index (χ3n) is 5.85. The van der Waals surface area contributed by atoms with Crippen LogP contribution in [0.4, 0.5) is 4.39 Å². The molecule has 0 aliphatic carbocycles. The zero-order valence-corrected chi connectivity index (χ0v) is 19.4. The second-order valence-corrected chi connectivity index (χ2v) is 8.13. The van der Waals surface area contributed by atoms with E-state index >= 15 is 0 Å². The van der Waals surface area contributed by atoms with Crippen LogP contribution in [0.25, 0.3) is 0 Å². The number of aromatic nitrogens is 1. The number of pyridine rings is 1. The van der Waals surface area contributed by atoms with Crippen LogP contribution in [0.2, 0.25) is 0 Å². The highest BCUT2D eigenvalue weighted by atomic mass is 19.1. The number of hydrogen-bond acceptors (Lipinski definition) is 8. The maximum atomic E-state index is 14.6. The molecule has 1 aliphatic rings. The van der Waals surface area contributed by atoms with Crippen molar-refractivity contribution in [2.75, 3.05) is 20.2 Å². The Morgan fingerprint density at radius 3 is 2.42 bits per heavy atom. The fraction of sp³-hybridized carbons (Fsp3) is 0.231. The van der Waals surface area contributed by atoms with Gasteiger partial charge in [-0.1, -0.05) is 12.1 Å². The van der Waals surface area contributed by atoms with Crippen LogP contribution in [0.15, 0.2) is 60.9 Å². The Morgan fingerprint density at radius 2 is 1.72 bits per heavy atom. The third-order valence-corrected chi connectivity index (χ3v) is 5.85. The average molecular weight is 493 g/mol. The van der Waals surface area contributed by atoms with E-state index in [9.17, 15) is 23.9 Å². The molecule has 4 rings (SSSR count). The summed E-state index contributed by atoms with van der Waals surface area (Å²) in [4.78, 5) is 42.0. The van der Waals surface area contributed by atoms with E-state index in [2.05, 4.69) is 15.6 Å². The first-order chi connectivity index (χ1) is 17.4. The maximum absolute atomic E-state index is 14.6. The summed E-state index contributed by atoms with van der Waals surface area (Å²) in [6.45, 7) is 1.04. The largest absolute Gasteiger partial charge is 0.507 e. The lowest BCUT2D eigenvalue weighted by Gasteiger charge is -2.32. The van der Waals surface area contributed by atoms with Gasteiger partial charge in [0.1, 0.15) is 17.4 Å². The van der Waals surface area contributed by atoms with Gasteiger partial charge >= 0.3 is 5.97 Å². The second-order valence-electron chi connectivity index (χ2n) is 8.13. The Labute approximate surface area is 206 Å². The van der Waals surface area contributed by atoms with Crippen LogP contribution in [0.3, 0.4) is 0 Å². The first-order valence-corrected chi connectivity index (χ1v) is 11.2. The van der Waals surface area contributed by atoms with Gasteiger partial charge in [-0.25, -0.2) is 9.18 Å². The number of aromatic hydroxyl groups is 1. The molecule has 1 aliphatic heterocycles. The SMILES string of the molecule is COc1ccc(O)c(C(=O)c2ccc(C(=O)O[C@@H]3CCNC[C@H]3NC(=O)c3ccncc3)cc2)c1F. The van der Waals surface area contributed by atoms with Crippen LogP contribution in [0, 0.1) is 5.82 Å². The number of phenolic OH excluding ortho intramolecular Hbond substituents is 1. The van der Waals surface area contributed by atoms with Gasteiger partial charge in [0.25, 0.3) is 5.91 Å². The molecule has 2 atom stereocenters. The van der Waals surface area contributed by atoms with Gasteiger partial charge in [-0.3, -0.25) is 14.6 Å². The summed E-state index contributed by atoms with van der Waals surface area (Å²) in [6.07, 6.45) is 2.97. The summed E-state index contributed by atoms with van der Waals surface area (Å²) >= 11 is 0. The van der Waals surface area contributed by atoms with Gasteiger partial charge in [-0.2, -0.15) is 0 Å². The lowest BCUT2D eigenvalue weighted by molar-refractivity contribution is 0.0127. The Kier molecular flexibility index (Phi) is 7.55. The zero-order chi connectivity index (χ0) is 25.7.